The minimum absolute atomic E-state index is 0.537. The van der Waals surface area contributed by atoms with Gasteiger partial charge in [0.2, 0.25) is 0 Å². The van der Waals surface area contributed by atoms with Crippen LogP contribution in [0.4, 0.5) is 0 Å². The van der Waals surface area contributed by atoms with Crippen molar-refractivity contribution in [3.05, 3.63) is 0 Å². The Morgan fingerprint density at radius 3 is 2.73 bits per heavy atom. The Balaban J connectivity index is 1.88. The molecule has 0 unspecified atom stereocenters. The molecule has 0 amide bonds. The van der Waals surface area contributed by atoms with Gasteiger partial charge in [-0.3, -0.25) is 0 Å². The van der Waals surface area contributed by atoms with Gasteiger partial charge in [0.15, 0.2) is 0 Å². The standard InChI is InChI=1S/C9H19NO/c1-2-3-4-11-9-5-8(6-9)7-10/h8-9H,2-7,10H2,1H3. The number of nitrogens with two attached hydrogens (primary N) is 1. The Morgan fingerprint density at radius 2 is 2.18 bits per heavy atom. The van der Waals surface area contributed by atoms with Gasteiger partial charge in [0, 0.05) is 6.61 Å². The third kappa shape index (κ3) is 2.80. The van der Waals surface area contributed by atoms with Gasteiger partial charge in [0.25, 0.3) is 0 Å². The number of ether oxygens (including phenoxy) is 1. The van der Waals surface area contributed by atoms with Crippen LogP contribution in [0.2, 0.25) is 0 Å². The number of rotatable bonds is 5. The van der Waals surface area contributed by atoms with E-state index in [1.165, 1.54) is 25.7 Å². The van der Waals surface area contributed by atoms with Crippen molar-refractivity contribution in [2.75, 3.05) is 13.2 Å². The van der Waals surface area contributed by atoms with Crippen molar-refractivity contribution in [3.63, 3.8) is 0 Å². The highest BCUT2D eigenvalue weighted by atomic mass is 16.5. The summed E-state index contributed by atoms with van der Waals surface area (Å²) in [6, 6.07) is 0. The van der Waals surface area contributed by atoms with Crippen LogP contribution >= 0.6 is 0 Å². The quantitative estimate of drug-likeness (QED) is 0.614. The summed E-state index contributed by atoms with van der Waals surface area (Å²) in [7, 11) is 0. The molecule has 0 heterocycles. The monoisotopic (exact) mass is 157 g/mol. The van der Waals surface area contributed by atoms with Gasteiger partial charge < -0.3 is 10.5 Å². The fourth-order valence-corrected chi connectivity index (χ4v) is 1.40. The Morgan fingerprint density at radius 1 is 1.45 bits per heavy atom. The van der Waals surface area contributed by atoms with Crippen LogP contribution in [0.5, 0.6) is 0 Å². The molecule has 0 aromatic carbocycles. The largest absolute Gasteiger partial charge is 0.378 e. The van der Waals surface area contributed by atoms with E-state index in [0.717, 1.165) is 19.1 Å². The number of hydrogen-bond donors (Lipinski definition) is 1. The Hall–Kier alpha value is -0.0800. The lowest BCUT2D eigenvalue weighted by molar-refractivity contribution is -0.0287. The topological polar surface area (TPSA) is 35.2 Å². The molecule has 2 N–H and O–H groups in total. The molecule has 2 heteroatoms. The van der Waals surface area contributed by atoms with Gasteiger partial charge in [0.1, 0.15) is 0 Å². The van der Waals surface area contributed by atoms with E-state index in [-0.39, 0.29) is 0 Å². The predicted molar refractivity (Wildman–Crippen MR) is 46.4 cm³/mol. The molecule has 0 saturated heterocycles. The van der Waals surface area contributed by atoms with Crippen LogP contribution in [-0.2, 0) is 4.74 Å². The van der Waals surface area contributed by atoms with Gasteiger partial charge in [-0.25, -0.2) is 0 Å². The lowest BCUT2D eigenvalue weighted by Crippen LogP contribution is -2.35. The van der Waals surface area contributed by atoms with Crippen molar-refractivity contribution in [2.24, 2.45) is 11.7 Å². The zero-order valence-corrected chi connectivity index (χ0v) is 7.38. The first kappa shape index (κ1) is 9.01. The van der Waals surface area contributed by atoms with Crippen molar-refractivity contribution in [3.8, 4) is 0 Å². The second kappa shape index (κ2) is 4.73. The van der Waals surface area contributed by atoms with Gasteiger partial charge in [-0.15, -0.1) is 0 Å². The zero-order valence-electron chi connectivity index (χ0n) is 7.38. The molecule has 66 valence electrons. The molecular weight excluding hydrogens is 138 g/mol. The first-order chi connectivity index (χ1) is 5.36. The van der Waals surface area contributed by atoms with Gasteiger partial charge >= 0.3 is 0 Å². The van der Waals surface area contributed by atoms with E-state index in [0.29, 0.717) is 6.10 Å². The molecular formula is C9H19NO. The molecule has 1 fully saturated rings. The van der Waals surface area contributed by atoms with E-state index in [1.807, 2.05) is 0 Å². The van der Waals surface area contributed by atoms with Crippen LogP contribution < -0.4 is 5.73 Å². The minimum atomic E-state index is 0.537. The summed E-state index contributed by atoms with van der Waals surface area (Å²) in [5.41, 5.74) is 5.50. The SMILES string of the molecule is CCCCOC1CC(CN)C1. The van der Waals surface area contributed by atoms with E-state index in [9.17, 15) is 0 Å². The van der Waals surface area contributed by atoms with Gasteiger partial charge in [0.05, 0.1) is 6.10 Å². The maximum Gasteiger partial charge on any atom is 0.0581 e. The maximum atomic E-state index is 5.59. The van der Waals surface area contributed by atoms with Crippen LogP contribution in [0, 0.1) is 5.92 Å². The van der Waals surface area contributed by atoms with E-state index in [4.69, 9.17) is 10.5 Å². The van der Waals surface area contributed by atoms with Crippen LogP contribution in [0.1, 0.15) is 32.6 Å². The first-order valence-electron chi connectivity index (χ1n) is 4.68. The molecule has 1 rings (SSSR count). The Labute approximate surface area is 69.1 Å². The summed E-state index contributed by atoms with van der Waals surface area (Å²) in [5, 5.41) is 0. The third-order valence-corrected chi connectivity index (χ3v) is 2.38. The molecule has 1 saturated carbocycles. The second-order valence-electron chi connectivity index (χ2n) is 3.42. The summed E-state index contributed by atoms with van der Waals surface area (Å²) in [4.78, 5) is 0. The molecule has 0 atom stereocenters. The van der Waals surface area contributed by atoms with Crippen LogP contribution in [0.15, 0.2) is 0 Å². The van der Waals surface area contributed by atoms with Crippen LogP contribution in [0.25, 0.3) is 0 Å². The molecule has 0 aromatic heterocycles. The number of unbranched alkanes of at least 4 members (excludes halogenated alkanes) is 1. The average Bonchev–Trinajstić information content (AvgIpc) is 1.94. The summed E-state index contributed by atoms with van der Waals surface area (Å²) >= 11 is 0. The molecule has 0 spiro atoms. The van der Waals surface area contributed by atoms with Gasteiger partial charge in [-0.1, -0.05) is 13.3 Å². The van der Waals surface area contributed by atoms with Crippen molar-refractivity contribution >= 4 is 0 Å². The highest BCUT2D eigenvalue weighted by Crippen LogP contribution is 2.28. The predicted octanol–water partition coefficient (Wildman–Crippen LogP) is 1.54. The van der Waals surface area contributed by atoms with Crippen LogP contribution in [-0.4, -0.2) is 19.3 Å². The molecule has 1 aliphatic rings. The Bertz CT molecular complexity index is 99.7. The minimum Gasteiger partial charge on any atom is -0.378 e. The molecule has 0 aromatic rings. The lowest BCUT2D eigenvalue weighted by Gasteiger charge is -2.34. The van der Waals surface area contributed by atoms with E-state index < -0.39 is 0 Å². The van der Waals surface area contributed by atoms with Gasteiger partial charge in [-0.05, 0) is 31.7 Å². The molecule has 0 bridgehead atoms. The molecule has 2 nitrogen and oxygen atoms in total. The maximum absolute atomic E-state index is 5.59. The smallest absolute Gasteiger partial charge is 0.0581 e. The molecule has 0 aliphatic heterocycles. The van der Waals surface area contributed by atoms with Crippen molar-refractivity contribution in [1.29, 1.82) is 0 Å². The van der Waals surface area contributed by atoms with Crippen molar-refractivity contribution < 1.29 is 4.74 Å². The van der Waals surface area contributed by atoms with E-state index >= 15 is 0 Å². The first-order valence-corrected chi connectivity index (χ1v) is 4.68. The van der Waals surface area contributed by atoms with Crippen LogP contribution in [0.3, 0.4) is 0 Å². The highest BCUT2D eigenvalue weighted by molar-refractivity contribution is 4.80. The highest BCUT2D eigenvalue weighted by Gasteiger charge is 2.27. The second-order valence-corrected chi connectivity index (χ2v) is 3.42. The summed E-state index contributed by atoms with van der Waals surface area (Å²) in [6.07, 6.45) is 5.35. The lowest BCUT2D eigenvalue weighted by atomic mass is 9.82. The summed E-state index contributed by atoms with van der Waals surface area (Å²) < 4.78 is 5.59. The normalized spacial score (nSPS) is 30.0. The van der Waals surface area contributed by atoms with E-state index in [2.05, 4.69) is 6.92 Å². The van der Waals surface area contributed by atoms with Gasteiger partial charge in [-0.2, -0.15) is 0 Å². The van der Waals surface area contributed by atoms with Crippen molar-refractivity contribution in [1.82, 2.24) is 0 Å². The molecule has 11 heavy (non-hydrogen) atoms. The Kier molecular flexibility index (Phi) is 3.87. The number of hydrogen-bond acceptors (Lipinski definition) is 2. The fourth-order valence-electron chi connectivity index (χ4n) is 1.40. The average molecular weight is 157 g/mol. The zero-order chi connectivity index (χ0) is 8.10. The molecule has 1 aliphatic carbocycles. The summed E-state index contributed by atoms with van der Waals surface area (Å²) in [6.45, 7) is 3.97. The third-order valence-electron chi connectivity index (χ3n) is 2.38. The molecule has 0 radical (unpaired) electrons. The van der Waals surface area contributed by atoms with Crippen molar-refractivity contribution in [2.45, 2.75) is 38.7 Å². The fraction of sp³-hybridized carbons (Fsp3) is 1.00. The van der Waals surface area contributed by atoms with E-state index in [1.54, 1.807) is 0 Å². The summed E-state index contributed by atoms with van der Waals surface area (Å²) in [5.74, 6) is 0.752.